The maximum absolute atomic E-state index is 14.2. The van der Waals surface area contributed by atoms with Crippen LogP contribution in [-0.2, 0) is 11.2 Å². The minimum absolute atomic E-state index is 0.0647. The average Bonchev–Trinajstić information content (AvgIpc) is 3.13. The normalized spacial score (nSPS) is 25.0. The number of carboxylic acid groups (broad SMARTS) is 1. The molecule has 2 fully saturated rings. The third kappa shape index (κ3) is 3.63. The van der Waals surface area contributed by atoms with Gasteiger partial charge >= 0.3 is 12.0 Å². The highest BCUT2D eigenvalue weighted by molar-refractivity contribution is 7.15. The number of alkyl halides is 2. The number of thiazole rings is 1. The van der Waals surface area contributed by atoms with E-state index in [1.165, 1.54) is 16.2 Å². The Bertz CT molecular complexity index is 567. The van der Waals surface area contributed by atoms with Gasteiger partial charge in [0.05, 0.1) is 12.6 Å². The smallest absolute Gasteiger partial charge is 0.306 e. The summed E-state index contributed by atoms with van der Waals surface area (Å²) < 4.78 is 28.5. The van der Waals surface area contributed by atoms with E-state index >= 15 is 0 Å². The van der Waals surface area contributed by atoms with Crippen LogP contribution in [0.25, 0.3) is 0 Å². The van der Waals surface area contributed by atoms with E-state index in [4.69, 9.17) is 5.11 Å². The monoisotopic (exact) mass is 345 g/mol. The summed E-state index contributed by atoms with van der Waals surface area (Å²) in [5.41, 5.74) is 0. The number of carboxylic acids is 1. The van der Waals surface area contributed by atoms with E-state index in [-0.39, 0.29) is 19.0 Å². The zero-order chi connectivity index (χ0) is 16.4. The van der Waals surface area contributed by atoms with Crippen LogP contribution in [0.5, 0.6) is 0 Å². The van der Waals surface area contributed by atoms with Crippen LogP contribution in [0.3, 0.4) is 0 Å². The second-order valence-corrected chi connectivity index (χ2v) is 7.23. The minimum Gasteiger partial charge on any atom is -0.481 e. The second-order valence-electron chi connectivity index (χ2n) is 6.14. The summed E-state index contributed by atoms with van der Waals surface area (Å²) in [5, 5.41) is 9.48. The Balaban J connectivity index is 1.72. The first-order chi connectivity index (χ1) is 11.0. The predicted molar refractivity (Wildman–Crippen MR) is 83.9 cm³/mol. The maximum Gasteiger partial charge on any atom is 0.306 e. The average molecular weight is 345 g/mol. The van der Waals surface area contributed by atoms with Crippen LogP contribution in [0.15, 0.2) is 6.20 Å². The minimum atomic E-state index is -2.74. The van der Waals surface area contributed by atoms with E-state index in [1.54, 1.807) is 6.20 Å². The molecule has 3 heterocycles. The number of aryl methyl sites for hydroxylation is 1. The van der Waals surface area contributed by atoms with Crippen molar-refractivity contribution >= 4 is 22.4 Å². The van der Waals surface area contributed by atoms with Crippen molar-refractivity contribution in [3.63, 3.8) is 0 Å². The van der Waals surface area contributed by atoms with Crippen molar-refractivity contribution in [2.75, 3.05) is 18.0 Å². The molecule has 1 atom stereocenters. The van der Waals surface area contributed by atoms with Crippen LogP contribution in [0, 0.1) is 0 Å². The zero-order valence-corrected chi connectivity index (χ0v) is 13.7. The third-order valence-electron chi connectivity index (χ3n) is 4.50. The molecule has 5 nitrogen and oxygen atoms in total. The molecule has 2 aliphatic rings. The number of carbonyl (C=O) groups is 1. The van der Waals surface area contributed by atoms with Crippen LogP contribution >= 0.6 is 11.3 Å². The number of nitrogens with zero attached hydrogens (tertiary/aromatic N) is 3. The van der Waals surface area contributed by atoms with Gasteiger partial charge < -0.3 is 10.0 Å². The number of aliphatic carboxylic acids is 1. The summed E-state index contributed by atoms with van der Waals surface area (Å²) in [5.74, 6) is -0.841. The van der Waals surface area contributed by atoms with E-state index in [1.807, 2.05) is 4.90 Å². The van der Waals surface area contributed by atoms with Gasteiger partial charge in [-0.25, -0.2) is 9.88 Å². The Labute approximate surface area is 137 Å². The Morgan fingerprint density at radius 2 is 2.22 bits per heavy atom. The molecule has 2 saturated heterocycles. The molecule has 2 aliphatic heterocycles. The standard InChI is InChI=1S/C15H21F2N3O2S/c16-15(17)7-1-2-9-20(15)12-4-3-8-19(12)14-18-10-11(23-14)5-6-13(21)22/h10,12H,1-9H2,(H,21,22). The van der Waals surface area contributed by atoms with E-state index in [0.717, 1.165) is 35.8 Å². The molecule has 1 aromatic heterocycles. The number of anilines is 1. The first-order valence-corrected chi connectivity index (χ1v) is 8.87. The molecule has 128 valence electrons. The number of likely N-dealkylation sites (tertiary alicyclic amines) is 1. The van der Waals surface area contributed by atoms with Crippen molar-refractivity contribution in [1.82, 2.24) is 9.88 Å². The van der Waals surface area contributed by atoms with Gasteiger partial charge in [0.2, 0.25) is 0 Å². The molecule has 3 rings (SSSR count). The summed E-state index contributed by atoms with van der Waals surface area (Å²) in [4.78, 5) is 19.2. The molecule has 0 bridgehead atoms. The molecule has 0 aromatic carbocycles. The van der Waals surface area contributed by atoms with Gasteiger partial charge in [0.25, 0.3) is 0 Å². The van der Waals surface area contributed by atoms with Crippen LogP contribution in [0.4, 0.5) is 13.9 Å². The van der Waals surface area contributed by atoms with Crippen molar-refractivity contribution in [1.29, 1.82) is 0 Å². The summed E-state index contributed by atoms with van der Waals surface area (Å²) in [6, 6.07) is -2.74. The molecule has 1 N–H and O–H groups in total. The van der Waals surface area contributed by atoms with Gasteiger partial charge in [0, 0.05) is 30.6 Å². The van der Waals surface area contributed by atoms with E-state index in [0.29, 0.717) is 19.4 Å². The summed E-state index contributed by atoms with van der Waals surface area (Å²) >= 11 is 1.42. The Kier molecular flexibility index (Phi) is 4.82. The molecule has 0 amide bonds. The van der Waals surface area contributed by atoms with Gasteiger partial charge in [-0.3, -0.25) is 4.79 Å². The molecular formula is C15H21F2N3O2S. The molecule has 0 spiro atoms. The van der Waals surface area contributed by atoms with Crippen molar-refractivity contribution < 1.29 is 18.7 Å². The van der Waals surface area contributed by atoms with Gasteiger partial charge in [0.1, 0.15) is 0 Å². The van der Waals surface area contributed by atoms with Crippen LogP contribution in [0.1, 0.15) is 43.4 Å². The molecule has 23 heavy (non-hydrogen) atoms. The molecule has 0 aliphatic carbocycles. The largest absolute Gasteiger partial charge is 0.481 e. The van der Waals surface area contributed by atoms with Crippen molar-refractivity contribution in [3.8, 4) is 0 Å². The lowest BCUT2D eigenvalue weighted by atomic mass is 10.1. The number of hydrogen-bond acceptors (Lipinski definition) is 5. The highest BCUT2D eigenvalue weighted by Gasteiger charge is 2.46. The SMILES string of the molecule is O=C(O)CCc1cnc(N2CCCC2N2CCCCC2(F)F)s1. The highest BCUT2D eigenvalue weighted by Crippen LogP contribution is 2.39. The van der Waals surface area contributed by atoms with E-state index < -0.39 is 12.0 Å². The van der Waals surface area contributed by atoms with Crippen LogP contribution in [0.2, 0.25) is 0 Å². The van der Waals surface area contributed by atoms with Gasteiger partial charge in [-0.1, -0.05) is 0 Å². The third-order valence-corrected chi connectivity index (χ3v) is 5.59. The lowest BCUT2D eigenvalue weighted by Crippen LogP contribution is -2.55. The Morgan fingerprint density at radius 3 is 2.96 bits per heavy atom. The Hall–Kier alpha value is -1.28. The first-order valence-electron chi connectivity index (χ1n) is 8.05. The maximum atomic E-state index is 14.2. The lowest BCUT2D eigenvalue weighted by molar-refractivity contribution is -0.183. The summed E-state index contributed by atoms with van der Waals surface area (Å²) in [6.07, 6.45) is 4.78. The number of rotatable bonds is 5. The topological polar surface area (TPSA) is 56.7 Å². The molecule has 1 aromatic rings. The van der Waals surface area contributed by atoms with Crippen LogP contribution < -0.4 is 4.90 Å². The van der Waals surface area contributed by atoms with Gasteiger partial charge in [-0.15, -0.1) is 11.3 Å². The predicted octanol–water partition coefficient (Wildman–Crippen LogP) is 3.17. The Morgan fingerprint density at radius 1 is 1.39 bits per heavy atom. The van der Waals surface area contributed by atoms with Crippen molar-refractivity contribution in [2.24, 2.45) is 0 Å². The van der Waals surface area contributed by atoms with Crippen LogP contribution in [-0.4, -0.2) is 46.3 Å². The fourth-order valence-electron chi connectivity index (χ4n) is 3.37. The summed E-state index contributed by atoms with van der Waals surface area (Å²) in [7, 11) is 0. The van der Waals surface area contributed by atoms with Crippen molar-refractivity contribution in [2.45, 2.75) is 57.2 Å². The fraction of sp³-hybridized carbons (Fsp3) is 0.733. The molecule has 1 unspecified atom stereocenters. The first kappa shape index (κ1) is 16.6. The zero-order valence-electron chi connectivity index (χ0n) is 12.9. The van der Waals surface area contributed by atoms with Gasteiger partial charge in [-0.2, -0.15) is 8.78 Å². The van der Waals surface area contributed by atoms with E-state index in [9.17, 15) is 13.6 Å². The molecular weight excluding hydrogens is 324 g/mol. The number of aromatic nitrogens is 1. The number of halogens is 2. The quantitative estimate of drug-likeness (QED) is 0.831. The molecule has 0 saturated carbocycles. The lowest BCUT2D eigenvalue weighted by Gasteiger charge is -2.42. The fourth-order valence-corrected chi connectivity index (χ4v) is 4.35. The van der Waals surface area contributed by atoms with E-state index in [2.05, 4.69) is 4.98 Å². The highest BCUT2D eigenvalue weighted by atomic mass is 32.1. The molecule has 0 radical (unpaired) electrons. The molecule has 8 heteroatoms. The van der Waals surface area contributed by atoms with Gasteiger partial charge in [-0.05, 0) is 32.1 Å². The van der Waals surface area contributed by atoms with Gasteiger partial charge in [0.15, 0.2) is 5.13 Å². The number of hydrogen-bond donors (Lipinski definition) is 1. The number of piperidine rings is 1. The second kappa shape index (κ2) is 6.68. The van der Waals surface area contributed by atoms with Crippen molar-refractivity contribution in [3.05, 3.63) is 11.1 Å². The summed E-state index contributed by atoms with van der Waals surface area (Å²) in [6.45, 7) is 1.15.